The first-order chi connectivity index (χ1) is 5.88. The highest BCUT2D eigenvalue weighted by Gasteiger charge is 2.13. The van der Waals surface area contributed by atoms with Crippen LogP contribution in [0.25, 0.3) is 0 Å². The molecule has 0 N–H and O–H groups in total. The first-order valence-corrected chi connectivity index (χ1v) is 4.63. The van der Waals surface area contributed by atoms with Crippen molar-refractivity contribution in [2.45, 2.75) is 34.1 Å². The van der Waals surface area contributed by atoms with E-state index in [1.807, 2.05) is 19.1 Å². The highest BCUT2D eigenvalue weighted by atomic mass is 19.1. The number of hydrogen-bond donors (Lipinski definition) is 0. The maximum atomic E-state index is 13.4. The summed E-state index contributed by atoms with van der Waals surface area (Å²) in [5, 5.41) is 0. The number of rotatable bonds is 1. The Hall–Kier alpha value is -0.850. The lowest BCUT2D eigenvalue weighted by Crippen LogP contribution is -2.10. The normalized spacial score (nSPS) is 11.8. The Kier molecular flexibility index (Phi) is 2.74. The van der Waals surface area contributed by atoms with Crippen molar-refractivity contribution in [2.75, 3.05) is 0 Å². The van der Waals surface area contributed by atoms with Gasteiger partial charge in [-0.15, -0.1) is 0 Å². The zero-order chi connectivity index (χ0) is 10.1. The van der Waals surface area contributed by atoms with Crippen LogP contribution in [-0.2, 0) is 6.42 Å². The quantitative estimate of drug-likeness (QED) is 0.618. The summed E-state index contributed by atoms with van der Waals surface area (Å²) in [5.41, 5.74) is 1.95. The predicted molar refractivity (Wildman–Crippen MR) is 54.3 cm³/mol. The van der Waals surface area contributed by atoms with Crippen LogP contribution in [0.1, 0.15) is 31.9 Å². The van der Waals surface area contributed by atoms with Crippen molar-refractivity contribution in [3.05, 3.63) is 35.1 Å². The largest absolute Gasteiger partial charge is 0.207 e. The Morgan fingerprint density at radius 3 is 2.31 bits per heavy atom. The molecule has 0 fully saturated rings. The van der Waals surface area contributed by atoms with E-state index in [0.29, 0.717) is 0 Å². The SMILES string of the molecule is Cc1ccc(CC(C)(C)C)c(F)c1. The van der Waals surface area contributed by atoms with E-state index in [0.717, 1.165) is 17.5 Å². The standard InChI is InChI=1S/C12H17F/c1-9-5-6-10(11(13)7-9)8-12(2,3)4/h5-7H,8H2,1-4H3. The Morgan fingerprint density at radius 2 is 1.85 bits per heavy atom. The Bertz CT molecular complexity index is 294. The van der Waals surface area contributed by atoms with E-state index < -0.39 is 0 Å². The van der Waals surface area contributed by atoms with E-state index in [1.54, 1.807) is 6.07 Å². The molecule has 0 nitrogen and oxygen atoms in total. The van der Waals surface area contributed by atoms with E-state index in [2.05, 4.69) is 20.8 Å². The topological polar surface area (TPSA) is 0 Å². The average molecular weight is 180 g/mol. The summed E-state index contributed by atoms with van der Waals surface area (Å²) < 4.78 is 13.4. The molecule has 1 aromatic rings. The molecule has 0 aliphatic rings. The van der Waals surface area contributed by atoms with Gasteiger partial charge in [-0.25, -0.2) is 4.39 Å². The monoisotopic (exact) mass is 180 g/mol. The van der Waals surface area contributed by atoms with E-state index in [4.69, 9.17) is 0 Å². The molecule has 0 aliphatic carbocycles. The van der Waals surface area contributed by atoms with E-state index >= 15 is 0 Å². The van der Waals surface area contributed by atoms with E-state index in [9.17, 15) is 4.39 Å². The maximum Gasteiger partial charge on any atom is 0.126 e. The first kappa shape index (κ1) is 10.2. The van der Waals surface area contributed by atoms with E-state index in [1.165, 1.54) is 0 Å². The van der Waals surface area contributed by atoms with Crippen molar-refractivity contribution in [3.8, 4) is 0 Å². The molecule has 0 bridgehead atoms. The van der Waals surface area contributed by atoms with Crippen LogP contribution in [0.4, 0.5) is 4.39 Å². The van der Waals surface area contributed by atoms with Gasteiger partial charge in [-0.05, 0) is 36.0 Å². The minimum Gasteiger partial charge on any atom is -0.207 e. The van der Waals surface area contributed by atoms with Crippen LogP contribution in [0.5, 0.6) is 0 Å². The summed E-state index contributed by atoms with van der Waals surface area (Å²) in [7, 11) is 0. The molecule has 0 atom stereocenters. The zero-order valence-electron chi connectivity index (χ0n) is 8.82. The summed E-state index contributed by atoms with van der Waals surface area (Å²) in [6, 6.07) is 5.45. The molecule has 72 valence electrons. The minimum absolute atomic E-state index is 0.0741. The summed E-state index contributed by atoms with van der Waals surface area (Å²) >= 11 is 0. The fourth-order valence-electron chi connectivity index (χ4n) is 1.37. The van der Waals surface area contributed by atoms with Crippen molar-refractivity contribution in [3.63, 3.8) is 0 Å². The summed E-state index contributed by atoms with van der Waals surface area (Å²) in [6.07, 6.45) is 0.791. The third kappa shape index (κ3) is 3.17. The molecule has 0 heterocycles. The third-order valence-electron chi connectivity index (χ3n) is 1.93. The van der Waals surface area contributed by atoms with Crippen LogP contribution in [0, 0.1) is 18.2 Å². The molecular formula is C12H17F. The highest BCUT2D eigenvalue weighted by molar-refractivity contribution is 5.24. The number of aryl methyl sites for hydroxylation is 1. The molecule has 0 saturated heterocycles. The lowest BCUT2D eigenvalue weighted by Gasteiger charge is -2.18. The second-order valence-corrected chi connectivity index (χ2v) is 4.83. The highest BCUT2D eigenvalue weighted by Crippen LogP contribution is 2.22. The molecule has 1 rings (SSSR count). The molecule has 0 amide bonds. The lowest BCUT2D eigenvalue weighted by molar-refractivity contribution is 0.402. The van der Waals surface area contributed by atoms with Crippen molar-refractivity contribution in [1.82, 2.24) is 0 Å². The Balaban J connectivity index is 2.90. The molecular weight excluding hydrogens is 163 g/mol. The number of halogens is 1. The van der Waals surface area contributed by atoms with Gasteiger partial charge in [-0.1, -0.05) is 32.9 Å². The van der Waals surface area contributed by atoms with Crippen molar-refractivity contribution >= 4 is 0 Å². The van der Waals surface area contributed by atoms with Crippen LogP contribution in [0.2, 0.25) is 0 Å². The van der Waals surface area contributed by atoms with Crippen molar-refractivity contribution in [2.24, 2.45) is 5.41 Å². The smallest absolute Gasteiger partial charge is 0.126 e. The minimum atomic E-state index is -0.0741. The number of benzene rings is 1. The van der Waals surface area contributed by atoms with Crippen LogP contribution in [-0.4, -0.2) is 0 Å². The van der Waals surface area contributed by atoms with Gasteiger partial charge in [0.2, 0.25) is 0 Å². The predicted octanol–water partition coefficient (Wildman–Crippen LogP) is 3.72. The van der Waals surface area contributed by atoms with Crippen LogP contribution in [0.3, 0.4) is 0 Å². The third-order valence-corrected chi connectivity index (χ3v) is 1.93. The summed E-state index contributed by atoms with van der Waals surface area (Å²) in [6.45, 7) is 8.26. The summed E-state index contributed by atoms with van der Waals surface area (Å²) in [4.78, 5) is 0. The zero-order valence-corrected chi connectivity index (χ0v) is 8.82. The molecule has 0 spiro atoms. The Morgan fingerprint density at radius 1 is 1.23 bits per heavy atom. The van der Waals surface area contributed by atoms with Gasteiger partial charge in [0.05, 0.1) is 0 Å². The van der Waals surface area contributed by atoms with Gasteiger partial charge in [0.1, 0.15) is 5.82 Å². The van der Waals surface area contributed by atoms with Crippen LogP contribution >= 0.6 is 0 Å². The van der Waals surface area contributed by atoms with Crippen molar-refractivity contribution < 1.29 is 4.39 Å². The van der Waals surface area contributed by atoms with Gasteiger partial charge >= 0.3 is 0 Å². The molecule has 0 aliphatic heterocycles. The van der Waals surface area contributed by atoms with Gasteiger partial charge in [0.15, 0.2) is 0 Å². The van der Waals surface area contributed by atoms with Gasteiger partial charge < -0.3 is 0 Å². The van der Waals surface area contributed by atoms with Gasteiger partial charge in [0, 0.05) is 0 Å². The molecule has 0 aromatic heterocycles. The van der Waals surface area contributed by atoms with E-state index in [-0.39, 0.29) is 11.2 Å². The maximum absolute atomic E-state index is 13.4. The van der Waals surface area contributed by atoms with Gasteiger partial charge in [0.25, 0.3) is 0 Å². The van der Waals surface area contributed by atoms with Gasteiger partial charge in [-0.3, -0.25) is 0 Å². The molecule has 0 radical (unpaired) electrons. The molecule has 0 saturated carbocycles. The lowest BCUT2D eigenvalue weighted by atomic mass is 9.88. The number of hydrogen-bond acceptors (Lipinski definition) is 0. The molecule has 13 heavy (non-hydrogen) atoms. The molecule has 1 aromatic carbocycles. The second-order valence-electron chi connectivity index (χ2n) is 4.83. The average Bonchev–Trinajstić information content (AvgIpc) is 1.93. The Labute approximate surface area is 79.8 Å². The fraction of sp³-hybridized carbons (Fsp3) is 0.500. The molecule has 1 heteroatoms. The van der Waals surface area contributed by atoms with Gasteiger partial charge in [-0.2, -0.15) is 0 Å². The van der Waals surface area contributed by atoms with Crippen molar-refractivity contribution in [1.29, 1.82) is 0 Å². The molecule has 0 unspecified atom stereocenters. The van der Waals surface area contributed by atoms with Crippen LogP contribution < -0.4 is 0 Å². The summed E-state index contributed by atoms with van der Waals surface area (Å²) in [5.74, 6) is -0.0741. The first-order valence-electron chi connectivity index (χ1n) is 4.63. The van der Waals surface area contributed by atoms with Crippen LogP contribution in [0.15, 0.2) is 18.2 Å². The second kappa shape index (κ2) is 3.49. The fourth-order valence-corrected chi connectivity index (χ4v) is 1.37.